The van der Waals surface area contributed by atoms with E-state index in [0.717, 1.165) is 43.4 Å². The third-order valence-electron chi connectivity index (χ3n) is 4.75. The minimum atomic E-state index is 0.153. The van der Waals surface area contributed by atoms with Gasteiger partial charge in [0.15, 0.2) is 5.82 Å². The first-order chi connectivity index (χ1) is 14.2. The van der Waals surface area contributed by atoms with E-state index in [1.54, 1.807) is 6.20 Å². The van der Waals surface area contributed by atoms with E-state index in [2.05, 4.69) is 54.6 Å². The van der Waals surface area contributed by atoms with Crippen molar-refractivity contribution in [2.45, 2.75) is 20.0 Å². The van der Waals surface area contributed by atoms with E-state index in [0.29, 0.717) is 5.95 Å². The second-order valence-corrected chi connectivity index (χ2v) is 7.26. The number of hydrogen-bond donors (Lipinski definition) is 1. The summed E-state index contributed by atoms with van der Waals surface area (Å²) in [6, 6.07) is 18.3. The molecule has 0 aliphatic carbocycles. The summed E-state index contributed by atoms with van der Waals surface area (Å²) < 4.78 is 5.68. The average molecular weight is 390 g/mol. The molecule has 0 spiro atoms. The van der Waals surface area contributed by atoms with Crippen LogP contribution in [0.25, 0.3) is 0 Å². The molecule has 1 aromatic heterocycles. The summed E-state index contributed by atoms with van der Waals surface area (Å²) in [5.41, 5.74) is 2.16. The smallest absolute Gasteiger partial charge is 0.249 e. The van der Waals surface area contributed by atoms with Crippen LogP contribution in [0.1, 0.15) is 13.8 Å². The van der Waals surface area contributed by atoms with Gasteiger partial charge in [0.2, 0.25) is 5.95 Å². The maximum absolute atomic E-state index is 5.68. The van der Waals surface area contributed by atoms with E-state index in [9.17, 15) is 0 Å². The summed E-state index contributed by atoms with van der Waals surface area (Å²) in [6.45, 7) is 7.72. The Morgan fingerprint density at radius 3 is 2.28 bits per heavy atom. The maximum Gasteiger partial charge on any atom is 0.249 e. The molecule has 4 rings (SSSR count). The monoisotopic (exact) mass is 390 g/mol. The third-order valence-corrected chi connectivity index (χ3v) is 4.75. The minimum Gasteiger partial charge on any atom is -0.491 e. The van der Waals surface area contributed by atoms with Crippen LogP contribution in [0.3, 0.4) is 0 Å². The lowest BCUT2D eigenvalue weighted by atomic mass is 10.2. The van der Waals surface area contributed by atoms with Crippen molar-refractivity contribution in [3.8, 4) is 5.75 Å². The van der Waals surface area contributed by atoms with Gasteiger partial charge in [0.05, 0.1) is 12.3 Å². The van der Waals surface area contributed by atoms with Crippen molar-refractivity contribution in [1.29, 1.82) is 0 Å². The van der Waals surface area contributed by atoms with Crippen LogP contribution in [-0.2, 0) is 0 Å². The van der Waals surface area contributed by atoms with Crippen LogP contribution in [0.15, 0.2) is 60.8 Å². The minimum absolute atomic E-state index is 0.153. The number of rotatable bonds is 6. The van der Waals surface area contributed by atoms with Crippen molar-refractivity contribution < 1.29 is 4.74 Å². The van der Waals surface area contributed by atoms with E-state index >= 15 is 0 Å². The summed E-state index contributed by atoms with van der Waals surface area (Å²) in [6.07, 6.45) is 1.88. The predicted molar refractivity (Wildman–Crippen MR) is 116 cm³/mol. The molecule has 1 fully saturated rings. The van der Waals surface area contributed by atoms with Gasteiger partial charge in [-0.3, -0.25) is 0 Å². The number of anilines is 4. The Bertz CT molecular complexity index is 908. The van der Waals surface area contributed by atoms with Gasteiger partial charge in [-0.05, 0) is 50.2 Å². The van der Waals surface area contributed by atoms with Gasteiger partial charge in [0.1, 0.15) is 5.75 Å². The fourth-order valence-electron chi connectivity index (χ4n) is 3.35. The molecule has 0 atom stereocenters. The van der Waals surface area contributed by atoms with Crippen molar-refractivity contribution in [2.75, 3.05) is 41.3 Å². The number of nitrogens with one attached hydrogen (secondary N) is 1. The molecule has 1 aliphatic rings. The molecule has 3 aromatic rings. The van der Waals surface area contributed by atoms with Crippen LogP contribution in [0.2, 0.25) is 0 Å². The molecule has 0 bridgehead atoms. The van der Waals surface area contributed by atoms with Crippen molar-refractivity contribution in [1.82, 2.24) is 15.2 Å². The summed E-state index contributed by atoms with van der Waals surface area (Å²) >= 11 is 0. The second kappa shape index (κ2) is 8.77. The highest BCUT2D eigenvalue weighted by atomic mass is 16.5. The molecular weight excluding hydrogens is 364 g/mol. The Morgan fingerprint density at radius 2 is 1.59 bits per heavy atom. The molecule has 2 aromatic carbocycles. The lowest BCUT2D eigenvalue weighted by Crippen LogP contribution is -2.46. The van der Waals surface area contributed by atoms with Crippen LogP contribution in [0.4, 0.5) is 23.1 Å². The zero-order valence-corrected chi connectivity index (χ0v) is 16.8. The van der Waals surface area contributed by atoms with E-state index < -0.39 is 0 Å². The fraction of sp³-hybridized carbons (Fsp3) is 0.318. The Labute approximate surface area is 171 Å². The Morgan fingerprint density at radius 1 is 0.897 bits per heavy atom. The fourth-order valence-corrected chi connectivity index (χ4v) is 3.35. The normalized spacial score (nSPS) is 14.2. The molecule has 0 radical (unpaired) electrons. The van der Waals surface area contributed by atoms with Gasteiger partial charge in [-0.25, -0.2) is 0 Å². The van der Waals surface area contributed by atoms with Crippen LogP contribution in [0.5, 0.6) is 5.75 Å². The molecule has 7 nitrogen and oxygen atoms in total. The van der Waals surface area contributed by atoms with Crippen LogP contribution >= 0.6 is 0 Å². The molecule has 7 heteroatoms. The summed E-state index contributed by atoms with van der Waals surface area (Å²) in [4.78, 5) is 9.29. The number of ether oxygens (including phenoxy) is 1. The largest absolute Gasteiger partial charge is 0.491 e. The first-order valence-corrected chi connectivity index (χ1v) is 9.96. The topological polar surface area (TPSA) is 66.4 Å². The summed E-state index contributed by atoms with van der Waals surface area (Å²) in [5, 5.41) is 11.5. The Balaban J connectivity index is 1.38. The highest BCUT2D eigenvalue weighted by Gasteiger charge is 2.19. The molecular formula is C22H26N6O. The molecule has 0 amide bonds. The number of benzene rings is 2. The first kappa shape index (κ1) is 19.0. The second-order valence-electron chi connectivity index (χ2n) is 7.26. The third kappa shape index (κ3) is 4.93. The van der Waals surface area contributed by atoms with E-state index in [4.69, 9.17) is 4.74 Å². The zero-order valence-electron chi connectivity index (χ0n) is 16.8. The van der Waals surface area contributed by atoms with Gasteiger partial charge < -0.3 is 19.9 Å². The zero-order chi connectivity index (χ0) is 20.1. The van der Waals surface area contributed by atoms with Crippen molar-refractivity contribution in [3.05, 3.63) is 60.8 Å². The lowest BCUT2D eigenvalue weighted by molar-refractivity contribution is 0.242. The quantitative estimate of drug-likeness (QED) is 0.688. The Kier molecular flexibility index (Phi) is 5.74. The van der Waals surface area contributed by atoms with Crippen LogP contribution in [-0.4, -0.2) is 47.5 Å². The SMILES string of the molecule is CC(C)Oc1ccc(Nc2nncc(N3CCN(c4ccccc4)CC3)n2)cc1. The lowest BCUT2D eigenvalue weighted by Gasteiger charge is -2.36. The van der Waals surface area contributed by atoms with Gasteiger partial charge in [0.25, 0.3) is 0 Å². The average Bonchev–Trinajstić information content (AvgIpc) is 2.76. The highest BCUT2D eigenvalue weighted by molar-refractivity contribution is 5.56. The van der Waals surface area contributed by atoms with Gasteiger partial charge in [-0.2, -0.15) is 10.1 Å². The highest BCUT2D eigenvalue weighted by Crippen LogP contribution is 2.21. The molecule has 29 heavy (non-hydrogen) atoms. The van der Waals surface area contributed by atoms with Gasteiger partial charge in [0, 0.05) is 37.6 Å². The standard InChI is InChI=1S/C22H26N6O/c1-17(2)29-20-10-8-18(9-11-20)24-22-25-21(16-23-26-22)28-14-12-27(13-15-28)19-6-4-3-5-7-19/h3-11,16-17H,12-15H2,1-2H3,(H,24,25,26). The van der Waals surface area contributed by atoms with E-state index in [1.165, 1.54) is 5.69 Å². The molecule has 0 saturated carbocycles. The molecule has 0 unspecified atom stereocenters. The maximum atomic E-state index is 5.68. The van der Waals surface area contributed by atoms with Crippen LogP contribution in [0, 0.1) is 0 Å². The number of para-hydroxylation sites is 1. The predicted octanol–water partition coefficient (Wildman–Crippen LogP) is 3.73. The Hall–Kier alpha value is -3.35. The number of nitrogens with zero attached hydrogens (tertiary/aromatic N) is 5. The molecule has 150 valence electrons. The summed E-state index contributed by atoms with van der Waals surface area (Å²) in [7, 11) is 0. The number of aromatic nitrogens is 3. The van der Waals surface area contributed by atoms with E-state index in [-0.39, 0.29) is 6.10 Å². The number of piperazine rings is 1. The van der Waals surface area contributed by atoms with Gasteiger partial charge in [-0.1, -0.05) is 18.2 Å². The van der Waals surface area contributed by atoms with Crippen LogP contribution < -0.4 is 19.9 Å². The molecule has 1 N–H and O–H groups in total. The van der Waals surface area contributed by atoms with Crippen molar-refractivity contribution >= 4 is 23.1 Å². The molecule has 1 aliphatic heterocycles. The summed E-state index contributed by atoms with van der Waals surface area (Å²) in [5.74, 6) is 2.18. The van der Waals surface area contributed by atoms with Crippen molar-refractivity contribution in [3.63, 3.8) is 0 Å². The van der Waals surface area contributed by atoms with Gasteiger partial charge in [-0.15, -0.1) is 5.10 Å². The van der Waals surface area contributed by atoms with Gasteiger partial charge >= 0.3 is 0 Å². The first-order valence-electron chi connectivity index (χ1n) is 9.96. The molecule has 1 saturated heterocycles. The molecule has 2 heterocycles. The van der Waals surface area contributed by atoms with E-state index in [1.807, 2.05) is 44.2 Å². The van der Waals surface area contributed by atoms with Crippen molar-refractivity contribution in [2.24, 2.45) is 0 Å². The number of hydrogen-bond acceptors (Lipinski definition) is 7.